The van der Waals surface area contributed by atoms with Crippen LogP contribution < -0.4 is 15.8 Å². The third-order valence-corrected chi connectivity index (χ3v) is 1.89. The maximum Gasteiger partial charge on any atom is 0.258 e. The number of amides is 2. The molecule has 86 valence electrons. The number of carbonyl (C=O) groups excluding carboxylic acids is 2. The highest BCUT2D eigenvalue weighted by Crippen LogP contribution is 2.21. The Balaban J connectivity index is 2.88. The molecule has 0 spiro atoms. The van der Waals surface area contributed by atoms with Gasteiger partial charge in [0.2, 0.25) is 0 Å². The minimum Gasteiger partial charge on any atom is -0.495 e. The highest BCUT2D eigenvalue weighted by molar-refractivity contribution is 6.05. The van der Waals surface area contributed by atoms with Crippen molar-refractivity contribution in [1.82, 2.24) is 5.32 Å². The Kier molecular flexibility index (Phi) is 3.84. The molecule has 0 aliphatic carbocycles. The van der Waals surface area contributed by atoms with Crippen molar-refractivity contribution in [2.24, 2.45) is 0 Å². The van der Waals surface area contributed by atoms with Crippen LogP contribution in [0, 0.1) is 0 Å². The number of carbonyl (C=O) groups is 2. The fourth-order valence-corrected chi connectivity index (χ4v) is 1.09. The molecule has 0 radical (unpaired) electrons. The first kappa shape index (κ1) is 12.0. The van der Waals surface area contributed by atoms with E-state index in [2.05, 4.69) is 0 Å². The van der Waals surface area contributed by atoms with Crippen molar-refractivity contribution < 1.29 is 19.4 Å². The first-order valence-corrected chi connectivity index (χ1v) is 4.47. The smallest absolute Gasteiger partial charge is 0.258 e. The number of anilines is 1. The van der Waals surface area contributed by atoms with Gasteiger partial charge in [-0.25, -0.2) is 0 Å². The van der Waals surface area contributed by atoms with E-state index in [4.69, 9.17) is 15.6 Å². The molecule has 0 saturated heterocycles. The van der Waals surface area contributed by atoms with Gasteiger partial charge in [0.15, 0.2) is 0 Å². The number of aliphatic hydroxyl groups is 1. The molecular formula is C10H12N2O4. The van der Waals surface area contributed by atoms with Crippen LogP contribution in [0.15, 0.2) is 18.2 Å². The summed E-state index contributed by atoms with van der Waals surface area (Å²) in [5.74, 6) is -1.03. The van der Waals surface area contributed by atoms with E-state index in [1.807, 2.05) is 5.32 Å². The van der Waals surface area contributed by atoms with Gasteiger partial charge in [-0.05, 0) is 18.2 Å². The lowest BCUT2D eigenvalue weighted by Gasteiger charge is -2.07. The molecule has 0 aliphatic heterocycles. The van der Waals surface area contributed by atoms with E-state index in [1.165, 1.54) is 25.3 Å². The Morgan fingerprint density at radius 2 is 2.19 bits per heavy atom. The van der Waals surface area contributed by atoms with Crippen molar-refractivity contribution in [1.29, 1.82) is 0 Å². The zero-order valence-electron chi connectivity index (χ0n) is 8.69. The van der Waals surface area contributed by atoms with Crippen LogP contribution in [0.2, 0.25) is 0 Å². The summed E-state index contributed by atoms with van der Waals surface area (Å²) in [6, 6.07) is 4.37. The summed E-state index contributed by atoms with van der Waals surface area (Å²) in [5, 5.41) is 10.5. The number of nitrogens with one attached hydrogen (secondary N) is 1. The minimum atomic E-state index is -0.763. The molecule has 4 N–H and O–H groups in total. The summed E-state index contributed by atoms with van der Waals surface area (Å²) in [4.78, 5) is 22.2. The largest absolute Gasteiger partial charge is 0.495 e. The molecule has 6 nitrogen and oxygen atoms in total. The standard InChI is InChI=1S/C10H12N2O4/c1-16-8-4-6(2-3-7(8)11)10(15)12-9(14)5-13/h2-4,13H,5,11H2,1H3,(H,12,14,15). The van der Waals surface area contributed by atoms with E-state index in [0.717, 1.165) is 0 Å². The van der Waals surface area contributed by atoms with Gasteiger partial charge in [-0.3, -0.25) is 14.9 Å². The Morgan fingerprint density at radius 1 is 1.50 bits per heavy atom. The Labute approximate surface area is 92.0 Å². The van der Waals surface area contributed by atoms with Crippen molar-refractivity contribution >= 4 is 17.5 Å². The van der Waals surface area contributed by atoms with Crippen molar-refractivity contribution in [3.63, 3.8) is 0 Å². The predicted molar refractivity (Wildman–Crippen MR) is 57.0 cm³/mol. The molecule has 0 fully saturated rings. The zero-order chi connectivity index (χ0) is 12.1. The normalized spacial score (nSPS) is 9.62. The summed E-state index contributed by atoms with van der Waals surface area (Å²) in [7, 11) is 1.42. The van der Waals surface area contributed by atoms with E-state index < -0.39 is 18.4 Å². The molecule has 2 amide bonds. The number of imide groups is 1. The summed E-state index contributed by atoms with van der Waals surface area (Å²) < 4.78 is 4.93. The lowest BCUT2D eigenvalue weighted by molar-refractivity contribution is -0.122. The van der Waals surface area contributed by atoms with Crippen LogP contribution in [-0.2, 0) is 4.79 Å². The monoisotopic (exact) mass is 224 g/mol. The lowest BCUT2D eigenvalue weighted by Crippen LogP contribution is -2.32. The van der Waals surface area contributed by atoms with Crippen molar-refractivity contribution in [2.45, 2.75) is 0 Å². The molecule has 0 aromatic heterocycles. The van der Waals surface area contributed by atoms with Crippen LogP contribution in [-0.4, -0.2) is 30.6 Å². The Hall–Kier alpha value is -2.08. The third kappa shape index (κ3) is 2.71. The molecule has 0 aliphatic rings. The van der Waals surface area contributed by atoms with Gasteiger partial charge in [0.25, 0.3) is 11.8 Å². The maximum absolute atomic E-state index is 11.5. The van der Waals surface area contributed by atoms with Crippen molar-refractivity contribution in [3.8, 4) is 5.75 Å². The average Bonchev–Trinajstić information content (AvgIpc) is 2.29. The van der Waals surface area contributed by atoms with Crippen LogP contribution in [0.3, 0.4) is 0 Å². The van der Waals surface area contributed by atoms with Crippen LogP contribution in [0.5, 0.6) is 5.75 Å². The molecule has 6 heteroatoms. The van der Waals surface area contributed by atoms with E-state index in [9.17, 15) is 9.59 Å². The highest BCUT2D eigenvalue weighted by atomic mass is 16.5. The van der Waals surface area contributed by atoms with Gasteiger partial charge in [-0.2, -0.15) is 0 Å². The van der Waals surface area contributed by atoms with Gasteiger partial charge >= 0.3 is 0 Å². The number of hydrogen-bond acceptors (Lipinski definition) is 5. The van der Waals surface area contributed by atoms with Crippen LogP contribution in [0.4, 0.5) is 5.69 Å². The van der Waals surface area contributed by atoms with E-state index in [-0.39, 0.29) is 5.56 Å². The second-order valence-electron chi connectivity index (χ2n) is 2.99. The minimum absolute atomic E-state index is 0.229. The number of hydrogen-bond donors (Lipinski definition) is 3. The second kappa shape index (κ2) is 5.13. The lowest BCUT2D eigenvalue weighted by atomic mass is 10.2. The fraction of sp³-hybridized carbons (Fsp3) is 0.200. The van der Waals surface area contributed by atoms with Crippen molar-refractivity contribution in [3.05, 3.63) is 23.8 Å². The van der Waals surface area contributed by atoms with Crippen LogP contribution >= 0.6 is 0 Å². The number of benzene rings is 1. The van der Waals surface area contributed by atoms with E-state index >= 15 is 0 Å². The van der Waals surface area contributed by atoms with Gasteiger partial charge in [0.1, 0.15) is 12.4 Å². The maximum atomic E-state index is 11.5. The Morgan fingerprint density at radius 3 is 2.75 bits per heavy atom. The zero-order valence-corrected chi connectivity index (χ0v) is 8.69. The van der Waals surface area contributed by atoms with Crippen molar-refractivity contribution in [2.75, 3.05) is 19.5 Å². The predicted octanol–water partition coefficient (Wildman–Crippen LogP) is -0.474. The molecule has 0 bridgehead atoms. The first-order valence-electron chi connectivity index (χ1n) is 4.47. The van der Waals surface area contributed by atoms with Crippen LogP contribution in [0.25, 0.3) is 0 Å². The number of nitrogens with two attached hydrogens (primary N) is 1. The molecule has 0 heterocycles. The quantitative estimate of drug-likeness (QED) is 0.602. The van der Waals surface area contributed by atoms with E-state index in [0.29, 0.717) is 11.4 Å². The van der Waals surface area contributed by atoms with Gasteiger partial charge in [-0.1, -0.05) is 0 Å². The number of methoxy groups -OCH3 is 1. The number of nitrogen functional groups attached to an aromatic ring is 1. The molecule has 0 saturated carbocycles. The molecule has 1 aromatic carbocycles. The van der Waals surface area contributed by atoms with Gasteiger partial charge in [-0.15, -0.1) is 0 Å². The highest BCUT2D eigenvalue weighted by Gasteiger charge is 2.11. The van der Waals surface area contributed by atoms with E-state index in [1.54, 1.807) is 0 Å². The summed E-state index contributed by atoms with van der Waals surface area (Å²) >= 11 is 0. The second-order valence-corrected chi connectivity index (χ2v) is 2.99. The number of ether oxygens (including phenoxy) is 1. The summed E-state index contributed by atoms with van der Waals surface area (Å²) in [5.41, 5.74) is 6.19. The third-order valence-electron chi connectivity index (χ3n) is 1.89. The van der Waals surface area contributed by atoms with Gasteiger partial charge in [0.05, 0.1) is 12.8 Å². The molecular weight excluding hydrogens is 212 g/mol. The molecule has 16 heavy (non-hydrogen) atoms. The SMILES string of the molecule is COc1cc(C(=O)NC(=O)CO)ccc1N. The van der Waals surface area contributed by atoms with Crippen LogP contribution in [0.1, 0.15) is 10.4 Å². The first-order chi connectivity index (χ1) is 7.58. The molecule has 1 rings (SSSR count). The number of aliphatic hydroxyl groups excluding tert-OH is 1. The summed E-state index contributed by atoms with van der Waals surface area (Å²) in [6.45, 7) is -0.738. The summed E-state index contributed by atoms with van der Waals surface area (Å²) in [6.07, 6.45) is 0. The topological polar surface area (TPSA) is 102 Å². The Bertz CT molecular complexity index is 417. The molecule has 1 aromatic rings. The van der Waals surface area contributed by atoms with Gasteiger partial charge in [0, 0.05) is 5.56 Å². The molecule has 0 unspecified atom stereocenters. The fourth-order valence-electron chi connectivity index (χ4n) is 1.09. The van der Waals surface area contributed by atoms with Gasteiger partial charge < -0.3 is 15.6 Å². The average molecular weight is 224 g/mol. The number of rotatable bonds is 3. The molecule has 0 atom stereocenters.